The Bertz CT molecular complexity index is 821. The number of esters is 1. The fourth-order valence-corrected chi connectivity index (χ4v) is 5.28. The van der Waals surface area contributed by atoms with Crippen molar-refractivity contribution in [1.29, 1.82) is 0 Å². The summed E-state index contributed by atoms with van der Waals surface area (Å²) in [5.74, 6) is 0.219. The van der Waals surface area contributed by atoms with Crippen molar-refractivity contribution in [2.45, 2.75) is 130 Å². The molecule has 1 fully saturated rings. The van der Waals surface area contributed by atoms with Gasteiger partial charge in [-0.15, -0.1) is 0 Å². The van der Waals surface area contributed by atoms with Crippen LogP contribution in [0.15, 0.2) is 36.0 Å². The van der Waals surface area contributed by atoms with Gasteiger partial charge in [-0.3, -0.25) is 0 Å². The molecule has 224 valence electrons. The van der Waals surface area contributed by atoms with Crippen LogP contribution in [-0.4, -0.2) is 65.7 Å². The maximum atomic E-state index is 13.3. The highest BCUT2D eigenvalue weighted by Gasteiger charge is 2.45. The predicted octanol–water partition coefficient (Wildman–Crippen LogP) is 5.74. The van der Waals surface area contributed by atoms with E-state index < -0.39 is 30.6 Å². The Morgan fingerprint density at radius 1 is 1.21 bits per heavy atom. The zero-order chi connectivity index (χ0) is 29.1. The normalized spacial score (nSPS) is 34.1. The molecule has 1 saturated heterocycles. The second-order valence-electron chi connectivity index (χ2n) is 11.7. The largest absolute Gasteiger partial charge is 0.455 e. The molecule has 0 amide bonds. The van der Waals surface area contributed by atoms with Crippen molar-refractivity contribution < 1.29 is 34.0 Å². The topological polar surface area (TPSA) is 97.8 Å². The smallest absolute Gasteiger partial charge is 0.338 e. The molecule has 2 rings (SSSR count). The monoisotopic (exact) mass is 550 g/mol. The molecule has 0 radical (unpaired) electrons. The molecule has 7 nitrogen and oxygen atoms in total. The summed E-state index contributed by atoms with van der Waals surface area (Å²) in [4.78, 5) is 13.3. The Labute approximate surface area is 236 Å². The first-order valence-electron chi connectivity index (χ1n) is 15.0. The third-order valence-corrected chi connectivity index (χ3v) is 7.99. The number of epoxide rings is 1. The van der Waals surface area contributed by atoms with Crippen LogP contribution in [0.2, 0.25) is 0 Å². The molecular formula is C32H54O7. The molecule has 0 aromatic carbocycles. The molecule has 2 heterocycles. The van der Waals surface area contributed by atoms with Crippen LogP contribution in [0.4, 0.5) is 0 Å². The summed E-state index contributed by atoms with van der Waals surface area (Å²) in [6.45, 7) is 16.4. The summed E-state index contributed by atoms with van der Waals surface area (Å²) >= 11 is 0. The summed E-state index contributed by atoms with van der Waals surface area (Å²) in [5.41, 5.74) is 0.917. The minimum absolute atomic E-state index is 0.0446. The van der Waals surface area contributed by atoms with Crippen LogP contribution >= 0.6 is 0 Å². The summed E-state index contributed by atoms with van der Waals surface area (Å²) in [5, 5.41) is 21.0. The number of hydrogen-bond acceptors (Lipinski definition) is 7. The molecule has 2 aliphatic rings. The minimum atomic E-state index is -1.11. The van der Waals surface area contributed by atoms with Gasteiger partial charge in [-0.2, -0.15) is 0 Å². The zero-order valence-corrected chi connectivity index (χ0v) is 25.4. The average molecular weight is 551 g/mol. The van der Waals surface area contributed by atoms with E-state index in [1.807, 2.05) is 39.8 Å². The highest BCUT2D eigenvalue weighted by Crippen LogP contribution is 2.36. The molecule has 2 N–H and O–H groups in total. The molecular weight excluding hydrogens is 496 g/mol. The lowest BCUT2D eigenvalue weighted by molar-refractivity contribution is -0.206. The lowest BCUT2D eigenvalue weighted by atomic mass is 9.92. The lowest BCUT2D eigenvalue weighted by Gasteiger charge is -2.30. The molecule has 0 saturated carbocycles. The Kier molecular flexibility index (Phi) is 14.4. The Morgan fingerprint density at radius 2 is 1.92 bits per heavy atom. The van der Waals surface area contributed by atoms with Crippen molar-refractivity contribution in [3.63, 3.8) is 0 Å². The van der Waals surface area contributed by atoms with Crippen LogP contribution in [0.25, 0.3) is 0 Å². The Hall–Kier alpha value is -1.51. The fraction of sp³-hybridized carbons (Fsp3) is 0.781. The average Bonchev–Trinajstić information content (AvgIpc) is 3.65. The van der Waals surface area contributed by atoms with Gasteiger partial charge in [-0.25, -0.2) is 4.79 Å². The maximum Gasteiger partial charge on any atom is 0.338 e. The van der Waals surface area contributed by atoms with Gasteiger partial charge in [0.25, 0.3) is 0 Å². The molecule has 0 aromatic rings. The number of aliphatic hydroxyl groups excluding tert-OH is 2. The molecule has 2 aliphatic heterocycles. The minimum Gasteiger partial charge on any atom is -0.455 e. The van der Waals surface area contributed by atoms with Crippen molar-refractivity contribution in [2.24, 2.45) is 23.7 Å². The number of carbonyl (C=O) groups is 1. The summed E-state index contributed by atoms with van der Waals surface area (Å²) < 4.78 is 23.2. The zero-order valence-electron chi connectivity index (χ0n) is 25.4. The number of rotatable bonds is 12. The highest BCUT2D eigenvalue weighted by molar-refractivity contribution is 5.76. The first-order valence-corrected chi connectivity index (χ1v) is 15.0. The van der Waals surface area contributed by atoms with E-state index in [-0.39, 0.29) is 30.1 Å². The van der Waals surface area contributed by atoms with Crippen LogP contribution < -0.4 is 0 Å². The summed E-state index contributed by atoms with van der Waals surface area (Å²) in [6, 6.07) is 0. The van der Waals surface area contributed by atoms with E-state index in [1.165, 1.54) is 0 Å². The van der Waals surface area contributed by atoms with Gasteiger partial charge in [0, 0.05) is 18.4 Å². The van der Waals surface area contributed by atoms with Crippen molar-refractivity contribution in [1.82, 2.24) is 0 Å². The third kappa shape index (κ3) is 11.1. The van der Waals surface area contributed by atoms with Crippen molar-refractivity contribution in [2.75, 3.05) is 6.61 Å². The molecule has 7 heteroatoms. The second-order valence-corrected chi connectivity index (χ2v) is 11.7. The predicted molar refractivity (Wildman–Crippen MR) is 154 cm³/mol. The number of allylic oxidation sites excluding steroid dienone is 4. The van der Waals surface area contributed by atoms with Crippen LogP contribution in [0.5, 0.6) is 0 Å². The number of cyclic esters (lactones) is 1. The number of aliphatic hydroxyl groups is 2. The molecule has 11 unspecified atom stereocenters. The van der Waals surface area contributed by atoms with E-state index >= 15 is 0 Å². The standard InChI is InChI=1S/C32H54O7/c1-9-26(33)24(7)30-28(38-30)19-21(4)14-12-16-23(6)29-22(5)15-11-13-20(3)17-18-27(34)31(32(35)39-29)37-25(8)36-10-2/h11-12,14-16,20-22,24-31,33-34H,9-10,13,17-19H2,1-8H3. The molecule has 0 aliphatic carbocycles. The lowest BCUT2D eigenvalue weighted by Crippen LogP contribution is -2.43. The van der Waals surface area contributed by atoms with Crippen molar-refractivity contribution in [3.8, 4) is 0 Å². The van der Waals surface area contributed by atoms with E-state index in [0.717, 1.165) is 31.3 Å². The van der Waals surface area contributed by atoms with Gasteiger partial charge in [0.05, 0.1) is 24.4 Å². The van der Waals surface area contributed by atoms with E-state index in [4.69, 9.17) is 18.9 Å². The van der Waals surface area contributed by atoms with Gasteiger partial charge in [-0.05, 0) is 70.3 Å². The summed E-state index contributed by atoms with van der Waals surface area (Å²) in [6.07, 6.45) is 11.0. The fourth-order valence-electron chi connectivity index (χ4n) is 5.28. The first kappa shape index (κ1) is 33.7. The Balaban J connectivity index is 2.12. The van der Waals surface area contributed by atoms with Gasteiger partial charge in [0.15, 0.2) is 12.4 Å². The van der Waals surface area contributed by atoms with E-state index in [2.05, 4.69) is 39.0 Å². The maximum absolute atomic E-state index is 13.3. The van der Waals surface area contributed by atoms with Gasteiger partial charge >= 0.3 is 5.97 Å². The van der Waals surface area contributed by atoms with Crippen LogP contribution in [0, 0.1) is 23.7 Å². The van der Waals surface area contributed by atoms with Crippen LogP contribution in [0.1, 0.15) is 87.5 Å². The third-order valence-electron chi connectivity index (χ3n) is 7.99. The number of carbonyl (C=O) groups excluding carboxylic acids is 1. The second kappa shape index (κ2) is 16.7. The van der Waals surface area contributed by atoms with Crippen molar-refractivity contribution >= 4 is 5.97 Å². The van der Waals surface area contributed by atoms with E-state index in [1.54, 1.807) is 6.92 Å². The molecule has 0 aromatic heterocycles. The molecule has 39 heavy (non-hydrogen) atoms. The number of hydrogen-bond donors (Lipinski definition) is 2. The molecule has 0 bridgehead atoms. The highest BCUT2D eigenvalue weighted by atomic mass is 16.7. The van der Waals surface area contributed by atoms with Crippen LogP contribution in [0.3, 0.4) is 0 Å². The van der Waals surface area contributed by atoms with Gasteiger partial charge in [0.1, 0.15) is 6.10 Å². The van der Waals surface area contributed by atoms with E-state index in [9.17, 15) is 15.0 Å². The summed E-state index contributed by atoms with van der Waals surface area (Å²) in [7, 11) is 0. The van der Waals surface area contributed by atoms with E-state index in [0.29, 0.717) is 24.9 Å². The SMILES string of the molecule is CCOC(C)OC1C(=O)OC(C(C)=CC=CC(C)CC2OC2C(C)C(O)CC)C(C)C=CCC(C)CCC1O. The number of ether oxygens (including phenoxy) is 4. The molecule has 0 spiro atoms. The molecule has 11 atom stereocenters. The van der Waals surface area contributed by atoms with Gasteiger partial charge in [-0.1, -0.05) is 65.0 Å². The van der Waals surface area contributed by atoms with Gasteiger partial charge < -0.3 is 29.2 Å². The quantitative estimate of drug-likeness (QED) is 0.105. The van der Waals surface area contributed by atoms with Crippen LogP contribution in [-0.2, 0) is 23.7 Å². The van der Waals surface area contributed by atoms with Crippen molar-refractivity contribution in [3.05, 3.63) is 36.0 Å². The Morgan fingerprint density at radius 3 is 2.59 bits per heavy atom. The first-order chi connectivity index (χ1) is 18.5. The van der Waals surface area contributed by atoms with Gasteiger partial charge in [0.2, 0.25) is 0 Å².